The third-order valence-electron chi connectivity index (χ3n) is 3.37. The number of rotatable bonds is 7. The van der Waals surface area contributed by atoms with Gasteiger partial charge in [-0.2, -0.15) is 0 Å². The molecule has 0 aliphatic rings. The Labute approximate surface area is 138 Å². The Morgan fingerprint density at radius 2 is 2.17 bits per heavy atom. The number of benzene rings is 1. The van der Waals surface area contributed by atoms with Gasteiger partial charge in [-0.05, 0) is 32.4 Å². The van der Waals surface area contributed by atoms with Crippen LogP contribution in [0.25, 0.3) is 10.9 Å². The smallest absolute Gasteiger partial charge is 0.262 e. The van der Waals surface area contributed by atoms with Crippen LogP contribution in [0.3, 0.4) is 0 Å². The summed E-state index contributed by atoms with van der Waals surface area (Å²) in [6, 6.07) is 7.15. The van der Waals surface area contributed by atoms with Crippen molar-refractivity contribution in [3.05, 3.63) is 34.6 Å². The first-order valence-corrected chi connectivity index (χ1v) is 8.51. The van der Waals surface area contributed by atoms with Crippen LogP contribution in [0, 0.1) is 0 Å². The molecule has 23 heavy (non-hydrogen) atoms. The minimum absolute atomic E-state index is 0.00471. The molecule has 1 amide bonds. The fourth-order valence-electron chi connectivity index (χ4n) is 2.19. The molecule has 6 nitrogen and oxygen atoms in total. The SMILES string of the molecule is CCNC(=O)[C@@H](C)Sc1nc2ccccc2c(=O)n1CCCO. The molecule has 0 bridgehead atoms. The maximum Gasteiger partial charge on any atom is 0.262 e. The second-order valence-electron chi connectivity index (χ2n) is 5.10. The van der Waals surface area contributed by atoms with E-state index < -0.39 is 0 Å². The van der Waals surface area contributed by atoms with Crippen molar-refractivity contribution in [3.63, 3.8) is 0 Å². The number of amides is 1. The molecule has 0 aliphatic carbocycles. The van der Waals surface area contributed by atoms with Gasteiger partial charge in [-0.1, -0.05) is 23.9 Å². The van der Waals surface area contributed by atoms with Crippen molar-refractivity contribution < 1.29 is 9.90 Å². The van der Waals surface area contributed by atoms with Gasteiger partial charge < -0.3 is 10.4 Å². The number of nitrogens with zero attached hydrogens (tertiary/aromatic N) is 2. The van der Waals surface area contributed by atoms with Crippen LogP contribution < -0.4 is 10.9 Å². The zero-order valence-electron chi connectivity index (χ0n) is 13.3. The normalized spacial score (nSPS) is 12.3. The van der Waals surface area contributed by atoms with Gasteiger partial charge in [-0.3, -0.25) is 14.2 Å². The second kappa shape index (κ2) is 8.12. The number of nitrogens with one attached hydrogen (secondary N) is 1. The minimum atomic E-state index is -0.358. The Kier molecular flexibility index (Phi) is 6.18. The van der Waals surface area contributed by atoms with Gasteiger partial charge in [-0.25, -0.2) is 4.98 Å². The summed E-state index contributed by atoms with van der Waals surface area (Å²) in [5, 5.41) is 12.5. The van der Waals surface area contributed by atoms with Gasteiger partial charge in [-0.15, -0.1) is 0 Å². The highest BCUT2D eigenvalue weighted by atomic mass is 32.2. The second-order valence-corrected chi connectivity index (χ2v) is 6.41. The summed E-state index contributed by atoms with van der Waals surface area (Å²) in [5.74, 6) is -0.0892. The van der Waals surface area contributed by atoms with Crippen LogP contribution in [0.1, 0.15) is 20.3 Å². The number of aliphatic hydroxyl groups excluding tert-OH is 1. The standard InChI is InChI=1S/C16H21N3O3S/c1-3-17-14(21)11(2)23-16-18-13-8-5-4-7-12(13)15(22)19(16)9-6-10-20/h4-5,7-8,11,20H,3,6,9-10H2,1-2H3,(H,17,21)/t11-/m1/s1. The summed E-state index contributed by atoms with van der Waals surface area (Å²) in [4.78, 5) is 29.1. The molecule has 1 aromatic heterocycles. The maximum atomic E-state index is 12.7. The highest BCUT2D eigenvalue weighted by molar-refractivity contribution is 8.00. The molecule has 0 spiro atoms. The number of carbonyl (C=O) groups excluding carboxylic acids is 1. The van der Waals surface area contributed by atoms with Crippen molar-refractivity contribution in [2.75, 3.05) is 13.2 Å². The summed E-state index contributed by atoms with van der Waals surface area (Å²) in [5.41, 5.74) is 0.470. The van der Waals surface area contributed by atoms with Crippen LogP contribution in [-0.4, -0.2) is 39.0 Å². The van der Waals surface area contributed by atoms with Gasteiger partial charge in [0.25, 0.3) is 5.56 Å². The Hall–Kier alpha value is -1.86. The fourth-order valence-corrected chi connectivity index (χ4v) is 3.15. The molecule has 0 saturated carbocycles. The number of para-hydroxylation sites is 1. The average molecular weight is 335 g/mol. The lowest BCUT2D eigenvalue weighted by Crippen LogP contribution is -2.32. The average Bonchev–Trinajstić information content (AvgIpc) is 2.55. The van der Waals surface area contributed by atoms with Gasteiger partial charge >= 0.3 is 0 Å². The number of carbonyl (C=O) groups is 1. The third kappa shape index (κ3) is 4.11. The molecule has 124 valence electrons. The van der Waals surface area contributed by atoms with E-state index in [0.717, 1.165) is 0 Å². The van der Waals surface area contributed by atoms with E-state index in [0.29, 0.717) is 35.6 Å². The van der Waals surface area contributed by atoms with Crippen molar-refractivity contribution in [2.45, 2.75) is 37.2 Å². The van der Waals surface area contributed by atoms with E-state index in [1.165, 1.54) is 11.8 Å². The van der Waals surface area contributed by atoms with Crippen LogP contribution in [-0.2, 0) is 11.3 Å². The molecule has 1 heterocycles. The monoisotopic (exact) mass is 335 g/mol. The first-order chi connectivity index (χ1) is 11.1. The van der Waals surface area contributed by atoms with Crippen molar-refractivity contribution in [2.24, 2.45) is 0 Å². The van der Waals surface area contributed by atoms with Crippen LogP contribution in [0.5, 0.6) is 0 Å². The Bertz CT molecular complexity index is 745. The molecule has 0 radical (unpaired) electrons. The summed E-state index contributed by atoms with van der Waals surface area (Å²) < 4.78 is 1.54. The zero-order chi connectivity index (χ0) is 16.8. The van der Waals surface area contributed by atoms with Gasteiger partial charge in [0.2, 0.25) is 5.91 Å². The molecular formula is C16H21N3O3S. The minimum Gasteiger partial charge on any atom is -0.396 e. The molecule has 2 N–H and O–H groups in total. The predicted octanol–water partition coefficient (Wildman–Crippen LogP) is 1.40. The third-order valence-corrected chi connectivity index (χ3v) is 4.46. The van der Waals surface area contributed by atoms with Crippen LogP contribution in [0.4, 0.5) is 0 Å². The molecule has 2 aromatic rings. The number of thioether (sulfide) groups is 1. The molecule has 7 heteroatoms. The van der Waals surface area contributed by atoms with E-state index in [1.54, 1.807) is 29.7 Å². The maximum absolute atomic E-state index is 12.7. The number of aliphatic hydroxyl groups is 1. The Morgan fingerprint density at radius 1 is 1.43 bits per heavy atom. The summed E-state index contributed by atoms with van der Waals surface area (Å²) in [6.07, 6.45) is 0.461. The number of fused-ring (bicyclic) bond motifs is 1. The van der Waals surface area contributed by atoms with Crippen molar-refractivity contribution in [3.8, 4) is 0 Å². The topological polar surface area (TPSA) is 84.2 Å². The molecular weight excluding hydrogens is 314 g/mol. The van der Waals surface area contributed by atoms with E-state index in [2.05, 4.69) is 10.3 Å². The molecule has 1 aromatic carbocycles. The quantitative estimate of drug-likeness (QED) is 0.590. The Balaban J connectivity index is 2.43. The predicted molar refractivity (Wildman–Crippen MR) is 91.7 cm³/mol. The van der Waals surface area contributed by atoms with Crippen LogP contribution in [0.2, 0.25) is 0 Å². The van der Waals surface area contributed by atoms with E-state index in [9.17, 15) is 9.59 Å². The number of hydrogen-bond acceptors (Lipinski definition) is 5. The van der Waals surface area contributed by atoms with E-state index in [1.807, 2.05) is 13.0 Å². The molecule has 0 aliphatic heterocycles. The van der Waals surface area contributed by atoms with Crippen molar-refractivity contribution >= 4 is 28.6 Å². The number of hydrogen-bond donors (Lipinski definition) is 2. The van der Waals surface area contributed by atoms with Crippen LogP contribution in [0.15, 0.2) is 34.2 Å². The molecule has 2 rings (SSSR count). The van der Waals surface area contributed by atoms with E-state index in [4.69, 9.17) is 5.11 Å². The van der Waals surface area contributed by atoms with E-state index in [-0.39, 0.29) is 23.3 Å². The summed E-state index contributed by atoms with van der Waals surface area (Å²) >= 11 is 1.26. The van der Waals surface area contributed by atoms with Crippen LogP contribution >= 0.6 is 11.8 Å². The lowest BCUT2D eigenvalue weighted by Gasteiger charge is -2.15. The summed E-state index contributed by atoms with van der Waals surface area (Å²) in [7, 11) is 0. The fraction of sp³-hybridized carbons (Fsp3) is 0.438. The largest absolute Gasteiger partial charge is 0.396 e. The highest BCUT2D eigenvalue weighted by Crippen LogP contribution is 2.22. The first-order valence-electron chi connectivity index (χ1n) is 7.63. The van der Waals surface area contributed by atoms with Gasteiger partial charge in [0.15, 0.2) is 5.16 Å². The molecule has 0 unspecified atom stereocenters. The molecule has 0 saturated heterocycles. The molecule has 0 fully saturated rings. The lowest BCUT2D eigenvalue weighted by atomic mass is 10.2. The first kappa shape index (κ1) is 17.5. The molecule has 1 atom stereocenters. The Morgan fingerprint density at radius 3 is 2.87 bits per heavy atom. The van der Waals surface area contributed by atoms with Gasteiger partial charge in [0.05, 0.1) is 16.2 Å². The summed E-state index contributed by atoms with van der Waals surface area (Å²) in [6.45, 7) is 4.58. The van der Waals surface area contributed by atoms with Gasteiger partial charge in [0, 0.05) is 19.7 Å². The zero-order valence-corrected chi connectivity index (χ0v) is 14.1. The van der Waals surface area contributed by atoms with Gasteiger partial charge in [0.1, 0.15) is 0 Å². The number of aromatic nitrogens is 2. The van der Waals surface area contributed by atoms with Crippen molar-refractivity contribution in [1.29, 1.82) is 0 Å². The van der Waals surface area contributed by atoms with E-state index >= 15 is 0 Å². The highest BCUT2D eigenvalue weighted by Gasteiger charge is 2.18. The van der Waals surface area contributed by atoms with Crippen molar-refractivity contribution in [1.82, 2.24) is 14.9 Å². The lowest BCUT2D eigenvalue weighted by molar-refractivity contribution is -0.120.